The van der Waals surface area contributed by atoms with Gasteiger partial charge in [0.05, 0.1) is 12.7 Å². The molecule has 0 amide bonds. The van der Waals surface area contributed by atoms with Gasteiger partial charge in [-0.25, -0.2) is 4.79 Å². The fraction of sp³-hybridized carbons (Fsp3) is 0.500. The number of aryl methyl sites for hydroxylation is 1. The summed E-state index contributed by atoms with van der Waals surface area (Å²) in [5.41, 5.74) is 1.21. The van der Waals surface area contributed by atoms with Crippen LogP contribution in [0.3, 0.4) is 0 Å². The van der Waals surface area contributed by atoms with Crippen LogP contribution in [0.4, 0.5) is 0 Å². The zero-order chi connectivity index (χ0) is 13.0. The molecular formula is C14H18O4. The predicted octanol–water partition coefficient (Wildman–Crippen LogP) is 2.64. The molecule has 1 heterocycles. The Labute approximate surface area is 107 Å². The number of hydrogen-bond acceptors (Lipinski definition) is 3. The van der Waals surface area contributed by atoms with Gasteiger partial charge < -0.3 is 14.6 Å². The Balaban J connectivity index is 1.94. The monoisotopic (exact) mass is 250 g/mol. The molecule has 1 unspecified atom stereocenters. The summed E-state index contributed by atoms with van der Waals surface area (Å²) in [6.45, 7) is 3.24. The lowest BCUT2D eigenvalue weighted by molar-refractivity contribution is 0.0689. The van der Waals surface area contributed by atoms with Gasteiger partial charge in [-0.05, 0) is 37.5 Å². The zero-order valence-electron chi connectivity index (χ0n) is 10.5. The molecule has 1 aromatic rings. The van der Waals surface area contributed by atoms with E-state index in [2.05, 4.69) is 0 Å². The van der Waals surface area contributed by atoms with Gasteiger partial charge in [0.15, 0.2) is 0 Å². The number of carboxylic acid groups (broad SMARTS) is 1. The summed E-state index contributed by atoms with van der Waals surface area (Å²) in [7, 11) is 0. The largest absolute Gasteiger partial charge is 0.493 e. The van der Waals surface area contributed by atoms with Gasteiger partial charge in [-0.3, -0.25) is 0 Å². The second kappa shape index (κ2) is 5.87. The number of rotatable bonds is 5. The van der Waals surface area contributed by atoms with Crippen LogP contribution in [0.2, 0.25) is 0 Å². The van der Waals surface area contributed by atoms with E-state index in [1.54, 1.807) is 18.2 Å². The van der Waals surface area contributed by atoms with Gasteiger partial charge in [0.25, 0.3) is 0 Å². The number of carbonyl (C=O) groups is 1. The van der Waals surface area contributed by atoms with Crippen LogP contribution in [0.5, 0.6) is 5.75 Å². The van der Waals surface area contributed by atoms with Crippen molar-refractivity contribution in [1.29, 1.82) is 0 Å². The first-order valence-corrected chi connectivity index (χ1v) is 6.25. The van der Waals surface area contributed by atoms with Crippen LogP contribution in [0.15, 0.2) is 18.2 Å². The number of ether oxygens (including phenoxy) is 2. The standard InChI is InChI=1S/C14H18O4/c1-10-4-5-12(14(15)16)13(9-10)18-8-6-11-3-2-7-17-11/h4-5,9,11H,2-3,6-8H2,1H3,(H,15,16). The van der Waals surface area contributed by atoms with Crippen molar-refractivity contribution in [2.24, 2.45) is 0 Å². The van der Waals surface area contributed by atoms with Crippen molar-refractivity contribution in [2.45, 2.75) is 32.3 Å². The van der Waals surface area contributed by atoms with E-state index in [9.17, 15) is 4.79 Å². The molecule has 1 aliphatic rings. The Bertz CT molecular complexity index is 422. The summed E-state index contributed by atoms with van der Waals surface area (Å²) < 4.78 is 11.1. The molecule has 0 aromatic heterocycles. The van der Waals surface area contributed by atoms with Crippen LogP contribution in [0, 0.1) is 6.92 Å². The first-order valence-electron chi connectivity index (χ1n) is 6.25. The Morgan fingerprint density at radius 3 is 3.06 bits per heavy atom. The Kier molecular flexibility index (Phi) is 4.20. The van der Waals surface area contributed by atoms with E-state index in [-0.39, 0.29) is 11.7 Å². The van der Waals surface area contributed by atoms with Crippen molar-refractivity contribution in [3.05, 3.63) is 29.3 Å². The summed E-state index contributed by atoms with van der Waals surface area (Å²) in [5, 5.41) is 9.06. The van der Waals surface area contributed by atoms with Crippen molar-refractivity contribution >= 4 is 5.97 Å². The van der Waals surface area contributed by atoms with E-state index in [0.717, 1.165) is 31.4 Å². The first kappa shape index (κ1) is 12.9. The lowest BCUT2D eigenvalue weighted by Gasteiger charge is -2.12. The van der Waals surface area contributed by atoms with Crippen LogP contribution in [-0.2, 0) is 4.74 Å². The molecule has 1 aromatic carbocycles. The lowest BCUT2D eigenvalue weighted by Crippen LogP contribution is -2.12. The van der Waals surface area contributed by atoms with Crippen LogP contribution in [0.25, 0.3) is 0 Å². The van der Waals surface area contributed by atoms with E-state index in [1.165, 1.54) is 0 Å². The molecule has 0 radical (unpaired) electrons. The first-order chi connectivity index (χ1) is 8.66. The third-order valence-electron chi connectivity index (χ3n) is 3.09. The van der Waals surface area contributed by atoms with Crippen molar-refractivity contribution in [3.8, 4) is 5.75 Å². The molecule has 18 heavy (non-hydrogen) atoms. The van der Waals surface area contributed by atoms with Crippen LogP contribution in [-0.4, -0.2) is 30.4 Å². The summed E-state index contributed by atoms with van der Waals surface area (Å²) in [5.74, 6) is -0.511. The normalized spacial score (nSPS) is 18.8. The number of hydrogen-bond donors (Lipinski definition) is 1. The lowest BCUT2D eigenvalue weighted by atomic mass is 10.1. The van der Waals surface area contributed by atoms with Gasteiger partial charge >= 0.3 is 5.97 Å². The van der Waals surface area contributed by atoms with E-state index < -0.39 is 5.97 Å². The highest BCUT2D eigenvalue weighted by Gasteiger charge is 2.16. The Morgan fingerprint density at radius 1 is 1.56 bits per heavy atom. The quantitative estimate of drug-likeness (QED) is 0.872. The van der Waals surface area contributed by atoms with Gasteiger partial charge in [0.1, 0.15) is 11.3 Å². The van der Waals surface area contributed by atoms with Gasteiger partial charge in [-0.15, -0.1) is 0 Å². The molecule has 4 heteroatoms. The molecule has 98 valence electrons. The van der Waals surface area contributed by atoms with Gasteiger partial charge in [-0.1, -0.05) is 6.07 Å². The fourth-order valence-electron chi connectivity index (χ4n) is 2.10. The van der Waals surface area contributed by atoms with Crippen molar-refractivity contribution < 1.29 is 19.4 Å². The maximum atomic E-state index is 11.0. The third kappa shape index (κ3) is 3.23. The van der Waals surface area contributed by atoms with Gasteiger partial charge in [0, 0.05) is 13.0 Å². The van der Waals surface area contributed by atoms with Crippen LogP contribution in [0.1, 0.15) is 35.2 Å². The topological polar surface area (TPSA) is 55.8 Å². The van der Waals surface area contributed by atoms with E-state index in [0.29, 0.717) is 12.4 Å². The summed E-state index contributed by atoms with van der Waals surface area (Å²) in [6, 6.07) is 5.12. The molecule has 0 aliphatic carbocycles. The van der Waals surface area contributed by atoms with Gasteiger partial charge in [-0.2, -0.15) is 0 Å². The molecule has 0 bridgehead atoms. The van der Waals surface area contributed by atoms with E-state index in [4.69, 9.17) is 14.6 Å². The predicted molar refractivity (Wildman–Crippen MR) is 67.2 cm³/mol. The van der Waals surface area contributed by atoms with E-state index in [1.807, 2.05) is 6.92 Å². The summed E-state index contributed by atoms with van der Waals surface area (Å²) in [4.78, 5) is 11.0. The zero-order valence-corrected chi connectivity index (χ0v) is 10.5. The molecule has 1 fully saturated rings. The van der Waals surface area contributed by atoms with Crippen molar-refractivity contribution in [1.82, 2.24) is 0 Å². The van der Waals surface area contributed by atoms with Gasteiger partial charge in [0.2, 0.25) is 0 Å². The minimum Gasteiger partial charge on any atom is -0.493 e. The molecule has 2 rings (SSSR count). The minimum absolute atomic E-state index is 0.216. The number of benzene rings is 1. The SMILES string of the molecule is Cc1ccc(C(=O)O)c(OCCC2CCCO2)c1. The highest BCUT2D eigenvalue weighted by Crippen LogP contribution is 2.22. The minimum atomic E-state index is -0.956. The smallest absolute Gasteiger partial charge is 0.339 e. The molecule has 0 spiro atoms. The van der Waals surface area contributed by atoms with E-state index >= 15 is 0 Å². The Hall–Kier alpha value is -1.55. The van der Waals surface area contributed by atoms with Crippen molar-refractivity contribution in [2.75, 3.05) is 13.2 Å². The highest BCUT2D eigenvalue weighted by atomic mass is 16.5. The fourth-order valence-corrected chi connectivity index (χ4v) is 2.10. The molecular weight excluding hydrogens is 232 g/mol. The second-order valence-electron chi connectivity index (χ2n) is 4.58. The summed E-state index contributed by atoms with van der Waals surface area (Å²) in [6.07, 6.45) is 3.26. The average molecular weight is 250 g/mol. The number of carboxylic acids is 1. The molecule has 0 saturated carbocycles. The van der Waals surface area contributed by atoms with Crippen molar-refractivity contribution in [3.63, 3.8) is 0 Å². The highest BCUT2D eigenvalue weighted by molar-refractivity contribution is 5.90. The molecule has 1 aliphatic heterocycles. The third-order valence-corrected chi connectivity index (χ3v) is 3.09. The number of aromatic carboxylic acids is 1. The maximum absolute atomic E-state index is 11.0. The summed E-state index contributed by atoms with van der Waals surface area (Å²) >= 11 is 0. The second-order valence-corrected chi connectivity index (χ2v) is 4.58. The van der Waals surface area contributed by atoms with Crippen LogP contribution >= 0.6 is 0 Å². The molecule has 4 nitrogen and oxygen atoms in total. The molecule has 1 saturated heterocycles. The molecule has 1 atom stereocenters. The molecule has 1 N–H and O–H groups in total. The Morgan fingerprint density at radius 2 is 2.39 bits per heavy atom. The van der Waals surface area contributed by atoms with Crippen LogP contribution < -0.4 is 4.74 Å². The maximum Gasteiger partial charge on any atom is 0.339 e. The average Bonchev–Trinajstić information content (AvgIpc) is 2.82.